The van der Waals surface area contributed by atoms with Crippen molar-refractivity contribution < 1.29 is 14.3 Å². The molecule has 0 saturated carbocycles. The van der Waals surface area contributed by atoms with Crippen LogP contribution in [0, 0.1) is 0 Å². The van der Waals surface area contributed by atoms with Gasteiger partial charge < -0.3 is 9.64 Å². The molecule has 0 N–H and O–H groups in total. The van der Waals surface area contributed by atoms with Crippen LogP contribution in [0.4, 0.5) is 0 Å². The Morgan fingerprint density at radius 1 is 1.31 bits per heavy atom. The van der Waals surface area contributed by atoms with Gasteiger partial charge in [0.05, 0.1) is 7.11 Å². The Bertz CT molecular complexity index is 205. The highest BCUT2D eigenvalue weighted by Crippen LogP contribution is 2.11. The third kappa shape index (κ3) is 3.92. The van der Waals surface area contributed by atoms with Gasteiger partial charge in [-0.3, -0.25) is 9.59 Å². The topological polar surface area (TPSA) is 46.6 Å². The molecule has 0 aromatic carbocycles. The number of hydrogen-bond donors (Lipinski definition) is 0. The molecule has 0 aliphatic carbocycles. The smallest absolute Gasteiger partial charge is 0.315 e. The maximum absolute atomic E-state index is 11.4. The molecular weight excluding hydrogens is 170 g/mol. The van der Waals surface area contributed by atoms with Crippen LogP contribution in [0.2, 0.25) is 0 Å². The molecule has 0 fully saturated rings. The van der Waals surface area contributed by atoms with Gasteiger partial charge in [0.1, 0.15) is 6.42 Å². The average Bonchev–Trinajstić information content (AvgIpc) is 2.01. The van der Waals surface area contributed by atoms with Gasteiger partial charge >= 0.3 is 5.97 Å². The third-order valence-electron chi connectivity index (χ3n) is 1.90. The molecule has 0 unspecified atom stereocenters. The van der Waals surface area contributed by atoms with Crippen LogP contribution in [0.5, 0.6) is 0 Å². The van der Waals surface area contributed by atoms with Crippen molar-refractivity contribution in [2.45, 2.75) is 32.7 Å². The van der Waals surface area contributed by atoms with Crippen LogP contribution < -0.4 is 0 Å². The molecule has 0 rings (SSSR count). The van der Waals surface area contributed by atoms with Crippen LogP contribution in [-0.2, 0) is 14.3 Å². The summed E-state index contributed by atoms with van der Waals surface area (Å²) in [7, 11) is 2.94. The number of esters is 1. The molecule has 0 aliphatic heterocycles. The van der Waals surface area contributed by atoms with Gasteiger partial charge in [0, 0.05) is 12.6 Å². The van der Waals surface area contributed by atoms with Gasteiger partial charge in [-0.05, 0) is 20.8 Å². The Hall–Kier alpha value is -1.06. The Morgan fingerprint density at radius 2 is 1.77 bits per heavy atom. The van der Waals surface area contributed by atoms with Crippen LogP contribution in [-0.4, -0.2) is 36.5 Å². The van der Waals surface area contributed by atoms with Crippen molar-refractivity contribution >= 4 is 11.9 Å². The van der Waals surface area contributed by atoms with Gasteiger partial charge in [0.25, 0.3) is 0 Å². The van der Waals surface area contributed by atoms with E-state index in [9.17, 15) is 9.59 Å². The standard InChI is InChI=1S/C9H17NO3/c1-9(2,3)10(4)7(11)6-8(12)13-5/h6H2,1-5H3. The van der Waals surface area contributed by atoms with E-state index < -0.39 is 5.97 Å². The normalized spacial score (nSPS) is 10.8. The van der Waals surface area contributed by atoms with Crippen molar-refractivity contribution in [3.05, 3.63) is 0 Å². The lowest BCUT2D eigenvalue weighted by atomic mass is 10.1. The first-order valence-electron chi connectivity index (χ1n) is 4.12. The van der Waals surface area contributed by atoms with Gasteiger partial charge in [0.2, 0.25) is 5.91 Å². The summed E-state index contributed by atoms with van der Waals surface area (Å²) in [6.07, 6.45) is -0.190. The van der Waals surface area contributed by atoms with Gasteiger partial charge in [0.15, 0.2) is 0 Å². The molecular formula is C9H17NO3. The van der Waals surface area contributed by atoms with E-state index >= 15 is 0 Å². The van der Waals surface area contributed by atoms with E-state index in [1.807, 2.05) is 20.8 Å². The Kier molecular flexibility index (Phi) is 3.91. The number of amides is 1. The van der Waals surface area contributed by atoms with Crippen LogP contribution >= 0.6 is 0 Å². The Balaban J connectivity index is 4.20. The van der Waals surface area contributed by atoms with Gasteiger partial charge in [-0.25, -0.2) is 0 Å². The number of nitrogens with zero attached hydrogens (tertiary/aromatic N) is 1. The number of hydrogen-bond acceptors (Lipinski definition) is 3. The highest BCUT2D eigenvalue weighted by Gasteiger charge is 2.23. The van der Waals surface area contributed by atoms with Crippen molar-refractivity contribution in [2.24, 2.45) is 0 Å². The second kappa shape index (κ2) is 4.25. The summed E-state index contributed by atoms with van der Waals surface area (Å²) in [4.78, 5) is 23.7. The summed E-state index contributed by atoms with van der Waals surface area (Å²) in [5.74, 6) is -0.722. The molecule has 0 saturated heterocycles. The average molecular weight is 187 g/mol. The number of carbonyl (C=O) groups excluding carboxylic acids is 2. The van der Waals surface area contributed by atoms with Crippen LogP contribution in [0.15, 0.2) is 0 Å². The van der Waals surface area contributed by atoms with Gasteiger partial charge in [-0.1, -0.05) is 0 Å². The Morgan fingerprint density at radius 3 is 2.08 bits per heavy atom. The van der Waals surface area contributed by atoms with Crippen molar-refractivity contribution in [1.29, 1.82) is 0 Å². The van der Waals surface area contributed by atoms with Crippen LogP contribution in [0.1, 0.15) is 27.2 Å². The molecule has 0 aromatic rings. The summed E-state index contributed by atoms with van der Waals surface area (Å²) in [6.45, 7) is 5.71. The highest BCUT2D eigenvalue weighted by molar-refractivity contribution is 5.94. The highest BCUT2D eigenvalue weighted by atomic mass is 16.5. The summed E-state index contributed by atoms with van der Waals surface area (Å²) >= 11 is 0. The molecule has 0 aromatic heterocycles. The first-order chi connectivity index (χ1) is 5.79. The molecule has 0 bridgehead atoms. The first-order valence-corrected chi connectivity index (χ1v) is 4.12. The molecule has 0 spiro atoms. The lowest BCUT2D eigenvalue weighted by Crippen LogP contribution is -2.43. The predicted molar refractivity (Wildman–Crippen MR) is 49.2 cm³/mol. The largest absolute Gasteiger partial charge is 0.469 e. The molecule has 4 nitrogen and oxygen atoms in total. The van der Waals surface area contributed by atoms with Gasteiger partial charge in [-0.2, -0.15) is 0 Å². The lowest BCUT2D eigenvalue weighted by molar-refractivity contribution is -0.147. The predicted octanol–water partition coefficient (Wildman–Crippen LogP) is 0.806. The first kappa shape index (κ1) is 11.9. The van der Waals surface area contributed by atoms with E-state index in [2.05, 4.69) is 4.74 Å². The van der Waals surface area contributed by atoms with E-state index in [1.165, 1.54) is 12.0 Å². The minimum Gasteiger partial charge on any atom is -0.469 e. The number of rotatable bonds is 2. The SMILES string of the molecule is COC(=O)CC(=O)N(C)C(C)(C)C. The van der Waals surface area contributed by atoms with Crippen LogP contribution in [0.25, 0.3) is 0 Å². The quantitative estimate of drug-likeness (QED) is 0.474. The molecule has 0 radical (unpaired) electrons. The fraction of sp³-hybridized carbons (Fsp3) is 0.778. The van der Waals surface area contributed by atoms with Crippen molar-refractivity contribution in [2.75, 3.05) is 14.2 Å². The molecule has 4 heteroatoms. The van der Waals surface area contributed by atoms with Crippen molar-refractivity contribution in [3.8, 4) is 0 Å². The maximum Gasteiger partial charge on any atom is 0.315 e. The minimum absolute atomic E-state index is 0.190. The number of carbonyl (C=O) groups is 2. The number of ether oxygens (including phenoxy) is 1. The third-order valence-corrected chi connectivity index (χ3v) is 1.90. The zero-order valence-electron chi connectivity index (χ0n) is 8.88. The summed E-state index contributed by atoms with van der Waals surface area (Å²) < 4.78 is 4.40. The molecule has 0 aliphatic rings. The van der Waals surface area contributed by atoms with E-state index in [1.54, 1.807) is 7.05 Å². The fourth-order valence-electron chi connectivity index (χ4n) is 0.688. The number of methoxy groups -OCH3 is 1. The van der Waals surface area contributed by atoms with Crippen molar-refractivity contribution in [3.63, 3.8) is 0 Å². The summed E-state index contributed by atoms with van der Waals surface area (Å²) in [6, 6.07) is 0. The van der Waals surface area contributed by atoms with E-state index in [0.717, 1.165) is 0 Å². The molecule has 0 heterocycles. The van der Waals surface area contributed by atoms with E-state index in [0.29, 0.717) is 0 Å². The van der Waals surface area contributed by atoms with Crippen LogP contribution in [0.3, 0.4) is 0 Å². The lowest BCUT2D eigenvalue weighted by Gasteiger charge is -2.31. The Labute approximate surface area is 78.9 Å². The fourth-order valence-corrected chi connectivity index (χ4v) is 0.688. The zero-order chi connectivity index (χ0) is 10.6. The van der Waals surface area contributed by atoms with E-state index in [4.69, 9.17) is 0 Å². The molecule has 76 valence electrons. The second-order valence-corrected chi connectivity index (χ2v) is 3.88. The molecule has 0 atom stereocenters. The van der Waals surface area contributed by atoms with Gasteiger partial charge in [-0.15, -0.1) is 0 Å². The monoisotopic (exact) mass is 187 g/mol. The zero-order valence-corrected chi connectivity index (χ0v) is 8.88. The summed E-state index contributed by atoms with van der Waals surface area (Å²) in [5, 5.41) is 0. The van der Waals surface area contributed by atoms with Crippen molar-refractivity contribution in [1.82, 2.24) is 4.90 Å². The molecule has 13 heavy (non-hydrogen) atoms. The van der Waals surface area contributed by atoms with E-state index in [-0.39, 0.29) is 17.9 Å². The second-order valence-electron chi connectivity index (χ2n) is 3.88. The minimum atomic E-state index is -0.499. The maximum atomic E-state index is 11.4. The summed E-state index contributed by atoms with van der Waals surface area (Å²) in [5.41, 5.74) is -0.259. The molecule has 1 amide bonds.